The summed E-state index contributed by atoms with van der Waals surface area (Å²) < 4.78 is 5.66. The Morgan fingerprint density at radius 2 is 1.86 bits per heavy atom. The fraction of sp³-hybridized carbons (Fsp3) is 0.125. The lowest BCUT2D eigenvalue weighted by molar-refractivity contribution is -0.136. The fourth-order valence-electron chi connectivity index (χ4n) is 1.81. The van der Waals surface area contributed by atoms with Crippen LogP contribution in [0.3, 0.4) is 0 Å². The molecular formula is C16H13IO4S. The van der Waals surface area contributed by atoms with E-state index in [1.807, 2.05) is 30.3 Å². The summed E-state index contributed by atoms with van der Waals surface area (Å²) in [6.07, 6.45) is 0.0241. The Labute approximate surface area is 146 Å². The number of halogens is 1. The molecular weight excluding hydrogens is 415 g/mol. The van der Waals surface area contributed by atoms with Crippen molar-refractivity contribution >= 4 is 46.3 Å². The van der Waals surface area contributed by atoms with Gasteiger partial charge in [0.1, 0.15) is 0 Å². The lowest BCUT2D eigenvalue weighted by atomic mass is 10.2. The van der Waals surface area contributed by atoms with Crippen LogP contribution in [0.5, 0.6) is 0 Å². The van der Waals surface area contributed by atoms with E-state index in [1.54, 1.807) is 23.9 Å². The molecule has 2 aromatic rings. The molecule has 0 aliphatic rings. The van der Waals surface area contributed by atoms with Gasteiger partial charge in [0, 0.05) is 13.4 Å². The number of hydrogen-bond acceptors (Lipinski definition) is 4. The SMILES string of the molecule is COC(=O)c1ccc(Sc2ccc(CC(=O)O)cc2)c(I)c1. The maximum Gasteiger partial charge on any atom is 0.337 e. The van der Waals surface area contributed by atoms with Crippen LogP contribution in [0, 0.1) is 3.57 Å². The Morgan fingerprint density at radius 1 is 1.18 bits per heavy atom. The second-order valence-electron chi connectivity index (χ2n) is 4.45. The predicted molar refractivity (Wildman–Crippen MR) is 92.4 cm³/mol. The third-order valence-electron chi connectivity index (χ3n) is 2.86. The van der Waals surface area contributed by atoms with Gasteiger partial charge >= 0.3 is 11.9 Å². The monoisotopic (exact) mass is 428 g/mol. The molecule has 6 heteroatoms. The number of ether oxygens (including phenoxy) is 1. The van der Waals surface area contributed by atoms with Gasteiger partial charge in [0.25, 0.3) is 0 Å². The molecule has 0 aromatic heterocycles. The standard InChI is InChI=1S/C16H13IO4S/c1-21-16(20)11-4-7-14(13(17)9-11)22-12-5-2-10(3-6-12)8-15(18)19/h2-7,9H,8H2,1H3,(H,18,19). The molecule has 4 nitrogen and oxygen atoms in total. The first-order chi connectivity index (χ1) is 10.5. The van der Waals surface area contributed by atoms with E-state index in [1.165, 1.54) is 7.11 Å². The maximum absolute atomic E-state index is 11.5. The second kappa shape index (κ2) is 7.64. The number of carboxylic acid groups (broad SMARTS) is 1. The normalized spacial score (nSPS) is 10.3. The number of aliphatic carboxylic acids is 1. The van der Waals surface area contributed by atoms with Gasteiger partial charge < -0.3 is 9.84 Å². The van der Waals surface area contributed by atoms with E-state index in [2.05, 4.69) is 22.6 Å². The average molecular weight is 428 g/mol. The number of carbonyl (C=O) groups excluding carboxylic acids is 1. The third kappa shape index (κ3) is 4.48. The molecule has 1 N–H and O–H groups in total. The predicted octanol–water partition coefficient (Wildman–Crippen LogP) is 3.86. The van der Waals surface area contributed by atoms with Crippen molar-refractivity contribution in [1.29, 1.82) is 0 Å². The van der Waals surface area contributed by atoms with Gasteiger partial charge in [0.2, 0.25) is 0 Å². The van der Waals surface area contributed by atoms with Crippen molar-refractivity contribution in [3.05, 3.63) is 57.2 Å². The largest absolute Gasteiger partial charge is 0.481 e. The highest BCUT2D eigenvalue weighted by Gasteiger charge is 2.09. The van der Waals surface area contributed by atoms with E-state index in [9.17, 15) is 9.59 Å². The molecule has 22 heavy (non-hydrogen) atoms. The number of rotatable bonds is 5. The molecule has 0 saturated carbocycles. The van der Waals surface area contributed by atoms with Crippen LogP contribution in [0.25, 0.3) is 0 Å². The first kappa shape index (κ1) is 16.8. The number of esters is 1. The van der Waals surface area contributed by atoms with Crippen molar-refractivity contribution < 1.29 is 19.4 Å². The summed E-state index contributed by atoms with van der Waals surface area (Å²) in [5.41, 5.74) is 1.29. The number of benzene rings is 2. The van der Waals surface area contributed by atoms with Crippen molar-refractivity contribution in [3.63, 3.8) is 0 Å². The van der Waals surface area contributed by atoms with Crippen molar-refractivity contribution in [2.24, 2.45) is 0 Å². The Kier molecular flexibility index (Phi) is 5.84. The van der Waals surface area contributed by atoms with Crippen molar-refractivity contribution in [2.75, 3.05) is 7.11 Å². The molecule has 0 fully saturated rings. The third-order valence-corrected chi connectivity index (χ3v) is 5.20. The van der Waals surface area contributed by atoms with Crippen molar-refractivity contribution in [1.82, 2.24) is 0 Å². The summed E-state index contributed by atoms with van der Waals surface area (Å²) in [5, 5.41) is 8.75. The number of methoxy groups -OCH3 is 1. The summed E-state index contributed by atoms with van der Waals surface area (Å²) in [4.78, 5) is 24.2. The van der Waals surface area contributed by atoms with E-state index in [0.717, 1.165) is 18.9 Å². The molecule has 2 aromatic carbocycles. The maximum atomic E-state index is 11.5. The molecule has 0 atom stereocenters. The summed E-state index contributed by atoms with van der Waals surface area (Å²) >= 11 is 3.74. The lowest BCUT2D eigenvalue weighted by Gasteiger charge is -2.07. The van der Waals surface area contributed by atoms with Gasteiger partial charge in [0.05, 0.1) is 19.1 Å². The molecule has 0 unspecified atom stereocenters. The van der Waals surface area contributed by atoms with Crippen LogP contribution in [0.15, 0.2) is 52.3 Å². The zero-order valence-corrected chi connectivity index (χ0v) is 14.7. The van der Waals surface area contributed by atoms with Crippen LogP contribution in [0.2, 0.25) is 0 Å². The molecule has 0 aliphatic heterocycles. The van der Waals surface area contributed by atoms with Gasteiger partial charge in [0.15, 0.2) is 0 Å². The molecule has 0 bridgehead atoms. The van der Waals surface area contributed by atoms with E-state index >= 15 is 0 Å². The zero-order chi connectivity index (χ0) is 16.1. The molecule has 0 heterocycles. The first-order valence-corrected chi connectivity index (χ1v) is 8.25. The van der Waals surface area contributed by atoms with Gasteiger partial charge in [-0.05, 0) is 58.5 Å². The van der Waals surface area contributed by atoms with E-state index in [4.69, 9.17) is 9.84 Å². The van der Waals surface area contributed by atoms with Gasteiger partial charge in [-0.2, -0.15) is 0 Å². The van der Waals surface area contributed by atoms with Gasteiger partial charge in [-0.3, -0.25) is 4.79 Å². The number of hydrogen-bond donors (Lipinski definition) is 1. The van der Waals surface area contributed by atoms with Crippen LogP contribution >= 0.6 is 34.4 Å². The van der Waals surface area contributed by atoms with Crippen LogP contribution < -0.4 is 0 Å². The van der Waals surface area contributed by atoms with Crippen molar-refractivity contribution in [3.8, 4) is 0 Å². The Hall–Kier alpha value is -1.54. The van der Waals surface area contributed by atoms with Crippen LogP contribution in [0.1, 0.15) is 15.9 Å². The second-order valence-corrected chi connectivity index (χ2v) is 6.73. The van der Waals surface area contributed by atoms with E-state index < -0.39 is 5.97 Å². The summed E-state index contributed by atoms with van der Waals surface area (Å²) in [6.45, 7) is 0. The molecule has 2 rings (SSSR count). The number of carbonyl (C=O) groups is 2. The number of carboxylic acids is 1. The minimum absolute atomic E-state index is 0.0241. The smallest absolute Gasteiger partial charge is 0.337 e. The minimum Gasteiger partial charge on any atom is -0.481 e. The molecule has 0 radical (unpaired) electrons. The highest BCUT2D eigenvalue weighted by Crippen LogP contribution is 2.32. The van der Waals surface area contributed by atoms with Gasteiger partial charge in [-0.25, -0.2) is 4.79 Å². The Balaban J connectivity index is 2.13. The summed E-state index contributed by atoms with van der Waals surface area (Å²) in [5.74, 6) is -1.19. The van der Waals surface area contributed by atoms with Crippen LogP contribution in [-0.4, -0.2) is 24.2 Å². The molecule has 0 saturated heterocycles. The molecule has 0 spiro atoms. The fourth-order valence-corrected chi connectivity index (χ4v) is 3.47. The molecule has 0 amide bonds. The molecule has 114 valence electrons. The van der Waals surface area contributed by atoms with E-state index in [-0.39, 0.29) is 12.4 Å². The highest BCUT2D eigenvalue weighted by atomic mass is 127. The summed E-state index contributed by atoms with van der Waals surface area (Å²) in [6, 6.07) is 12.8. The topological polar surface area (TPSA) is 63.6 Å². The minimum atomic E-state index is -0.839. The van der Waals surface area contributed by atoms with Crippen LogP contribution in [0.4, 0.5) is 0 Å². The van der Waals surface area contributed by atoms with Crippen molar-refractivity contribution in [2.45, 2.75) is 16.2 Å². The van der Waals surface area contributed by atoms with Gasteiger partial charge in [-0.1, -0.05) is 23.9 Å². The Morgan fingerprint density at radius 3 is 2.41 bits per heavy atom. The van der Waals surface area contributed by atoms with E-state index in [0.29, 0.717) is 5.56 Å². The Bertz CT molecular complexity index is 698. The average Bonchev–Trinajstić information content (AvgIpc) is 2.50. The first-order valence-electron chi connectivity index (χ1n) is 6.36. The lowest BCUT2D eigenvalue weighted by Crippen LogP contribution is -2.01. The molecule has 0 aliphatic carbocycles. The van der Waals surface area contributed by atoms with Crippen LogP contribution in [-0.2, 0) is 16.0 Å². The van der Waals surface area contributed by atoms with Gasteiger partial charge in [-0.15, -0.1) is 0 Å². The quantitative estimate of drug-likeness (QED) is 0.579. The zero-order valence-electron chi connectivity index (χ0n) is 11.7. The highest BCUT2D eigenvalue weighted by molar-refractivity contribution is 14.1. The summed E-state index contributed by atoms with van der Waals surface area (Å²) in [7, 11) is 1.36.